The third kappa shape index (κ3) is 3.42. The van der Waals surface area contributed by atoms with E-state index in [9.17, 15) is 14.4 Å². The van der Waals surface area contributed by atoms with Crippen LogP contribution in [0, 0.1) is 0 Å². The van der Waals surface area contributed by atoms with Crippen molar-refractivity contribution in [3.63, 3.8) is 0 Å². The highest BCUT2D eigenvalue weighted by Gasteiger charge is 2.23. The molecule has 7 nitrogen and oxygen atoms in total. The number of nitrogens with zero attached hydrogens (tertiary/aromatic N) is 3. The number of rotatable bonds is 4. The molecule has 0 aliphatic heterocycles. The lowest BCUT2D eigenvalue weighted by Crippen LogP contribution is -2.36. The van der Waals surface area contributed by atoms with Gasteiger partial charge in [-0.25, -0.2) is 9.59 Å². The molecule has 0 atom stereocenters. The molecule has 0 saturated carbocycles. The molecular formula is C23H20BrN3O4. The Hall–Kier alpha value is -3.39. The van der Waals surface area contributed by atoms with Gasteiger partial charge in [-0.2, -0.15) is 0 Å². The van der Waals surface area contributed by atoms with Crippen molar-refractivity contribution < 1.29 is 9.53 Å². The summed E-state index contributed by atoms with van der Waals surface area (Å²) >= 11 is 3.49. The van der Waals surface area contributed by atoms with Crippen LogP contribution >= 0.6 is 15.9 Å². The van der Waals surface area contributed by atoms with Gasteiger partial charge in [0.25, 0.3) is 5.56 Å². The topological polar surface area (TPSA) is 75.2 Å². The first-order chi connectivity index (χ1) is 14.8. The number of ether oxygens (including phenoxy) is 1. The van der Waals surface area contributed by atoms with Gasteiger partial charge in [-0.15, -0.1) is 0 Å². The number of benzene rings is 2. The second-order valence-electron chi connectivity index (χ2n) is 7.06. The third-order valence-corrected chi connectivity index (χ3v) is 5.69. The number of para-hydroxylation sites is 1. The van der Waals surface area contributed by atoms with Crippen LogP contribution in [-0.4, -0.2) is 26.3 Å². The van der Waals surface area contributed by atoms with E-state index in [1.807, 2.05) is 30.3 Å². The predicted octanol–water partition coefficient (Wildman–Crippen LogP) is 3.63. The van der Waals surface area contributed by atoms with Gasteiger partial charge in [0.1, 0.15) is 0 Å². The van der Waals surface area contributed by atoms with E-state index in [-0.39, 0.29) is 6.61 Å². The maximum atomic E-state index is 13.2. The zero-order valence-corrected chi connectivity index (χ0v) is 18.8. The van der Waals surface area contributed by atoms with Crippen LogP contribution in [0.15, 0.2) is 68.8 Å². The molecule has 0 aliphatic carbocycles. The summed E-state index contributed by atoms with van der Waals surface area (Å²) in [4.78, 5) is 38.4. The number of halogens is 1. The molecule has 0 aliphatic rings. The van der Waals surface area contributed by atoms with E-state index in [0.717, 1.165) is 14.6 Å². The smallest absolute Gasteiger partial charge is 0.340 e. The van der Waals surface area contributed by atoms with Crippen LogP contribution in [0.25, 0.3) is 27.8 Å². The number of hydrogen-bond acceptors (Lipinski definition) is 4. The summed E-state index contributed by atoms with van der Waals surface area (Å²) in [5.41, 5.74) is 1.92. The monoisotopic (exact) mass is 481 g/mol. The molecule has 0 amide bonds. The molecule has 8 heteroatoms. The largest absolute Gasteiger partial charge is 0.462 e. The molecule has 0 N–H and O–H groups in total. The van der Waals surface area contributed by atoms with E-state index in [1.54, 1.807) is 42.9 Å². The second-order valence-corrected chi connectivity index (χ2v) is 7.98. The van der Waals surface area contributed by atoms with Crippen LogP contribution in [0.5, 0.6) is 0 Å². The molecule has 2 aromatic heterocycles. The number of carbonyl (C=O) groups excluding carboxylic acids is 1. The summed E-state index contributed by atoms with van der Waals surface area (Å²) in [6.07, 6.45) is 1.71. The van der Waals surface area contributed by atoms with Crippen molar-refractivity contribution in [2.75, 3.05) is 6.61 Å². The van der Waals surface area contributed by atoms with Gasteiger partial charge in [0.05, 0.1) is 34.5 Å². The Morgan fingerprint density at radius 2 is 1.77 bits per heavy atom. The van der Waals surface area contributed by atoms with Gasteiger partial charge in [-0.1, -0.05) is 40.2 Å². The molecule has 158 valence electrons. The summed E-state index contributed by atoms with van der Waals surface area (Å²) in [5, 5.41) is 0.390. The Balaban J connectivity index is 2.18. The molecule has 0 saturated heterocycles. The Bertz CT molecular complexity index is 1450. The number of aryl methyl sites for hydroxylation is 1. The van der Waals surface area contributed by atoms with Crippen molar-refractivity contribution in [1.29, 1.82) is 0 Å². The summed E-state index contributed by atoms with van der Waals surface area (Å²) in [6, 6.07) is 14.6. The van der Waals surface area contributed by atoms with Gasteiger partial charge in [-0.3, -0.25) is 13.9 Å². The first-order valence-corrected chi connectivity index (χ1v) is 10.5. The van der Waals surface area contributed by atoms with E-state index in [2.05, 4.69) is 15.9 Å². The lowest BCUT2D eigenvalue weighted by atomic mass is 10.1. The summed E-state index contributed by atoms with van der Waals surface area (Å²) in [5.74, 6) is -0.460. The van der Waals surface area contributed by atoms with Gasteiger partial charge in [0.15, 0.2) is 0 Å². The van der Waals surface area contributed by atoms with Crippen molar-refractivity contribution in [3.8, 4) is 16.9 Å². The SMILES string of the molecule is CCOC(=O)c1ccccc1-n1cc2c(c1-c1cccc(Br)c1)c(=O)n(C)c(=O)n2C. The average Bonchev–Trinajstić information content (AvgIpc) is 3.17. The highest BCUT2D eigenvalue weighted by Crippen LogP contribution is 2.33. The van der Waals surface area contributed by atoms with Crippen molar-refractivity contribution in [1.82, 2.24) is 13.7 Å². The highest BCUT2D eigenvalue weighted by atomic mass is 79.9. The van der Waals surface area contributed by atoms with Crippen molar-refractivity contribution in [3.05, 3.63) is 85.6 Å². The van der Waals surface area contributed by atoms with Crippen LogP contribution in [-0.2, 0) is 18.8 Å². The Morgan fingerprint density at radius 1 is 1.03 bits per heavy atom. The molecule has 0 fully saturated rings. The second kappa shape index (κ2) is 8.03. The number of fused-ring (bicyclic) bond motifs is 1. The number of aromatic nitrogens is 3. The third-order valence-electron chi connectivity index (χ3n) is 5.20. The van der Waals surface area contributed by atoms with Crippen LogP contribution in [0.4, 0.5) is 0 Å². The fourth-order valence-corrected chi connectivity index (χ4v) is 4.11. The molecule has 2 aromatic carbocycles. The Kier molecular flexibility index (Phi) is 5.41. The first kappa shape index (κ1) is 20.9. The quantitative estimate of drug-likeness (QED) is 0.417. The minimum Gasteiger partial charge on any atom is -0.462 e. The van der Waals surface area contributed by atoms with E-state index in [1.165, 1.54) is 11.6 Å². The number of hydrogen-bond donors (Lipinski definition) is 0. The molecule has 0 radical (unpaired) electrons. The van der Waals surface area contributed by atoms with Crippen LogP contribution in [0.2, 0.25) is 0 Å². The average molecular weight is 482 g/mol. The van der Waals surface area contributed by atoms with E-state index < -0.39 is 17.2 Å². The lowest BCUT2D eigenvalue weighted by molar-refractivity contribution is 0.0526. The molecule has 0 unspecified atom stereocenters. The minimum absolute atomic E-state index is 0.244. The van der Waals surface area contributed by atoms with Crippen molar-refractivity contribution in [2.45, 2.75) is 6.92 Å². The first-order valence-electron chi connectivity index (χ1n) is 9.68. The maximum absolute atomic E-state index is 13.2. The number of carbonyl (C=O) groups is 1. The maximum Gasteiger partial charge on any atom is 0.340 e. The summed E-state index contributed by atoms with van der Waals surface area (Å²) < 4.78 is 10.4. The molecule has 31 heavy (non-hydrogen) atoms. The van der Waals surface area contributed by atoms with E-state index in [4.69, 9.17) is 4.74 Å². The van der Waals surface area contributed by atoms with E-state index >= 15 is 0 Å². The van der Waals surface area contributed by atoms with Gasteiger partial charge in [0.2, 0.25) is 0 Å². The van der Waals surface area contributed by atoms with Crippen LogP contribution in [0.1, 0.15) is 17.3 Å². The van der Waals surface area contributed by atoms with Gasteiger partial charge < -0.3 is 9.30 Å². The van der Waals surface area contributed by atoms with Crippen LogP contribution in [0.3, 0.4) is 0 Å². The molecule has 4 rings (SSSR count). The summed E-state index contributed by atoms with van der Waals surface area (Å²) in [6.45, 7) is 1.99. The molecule has 0 bridgehead atoms. The van der Waals surface area contributed by atoms with Crippen LogP contribution < -0.4 is 11.2 Å². The fraction of sp³-hybridized carbons (Fsp3) is 0.174. The molecule has 4 aromatic rings. The molecule has 2 heterocycles. The van der Waals surface area contributed by atoms with Gasteiger partial charge in [0, 0.05) is 30.3 Å². The predicted molar refractivity (Wildman–Crippen MR) is 123 cm³/mol. The molecular weight excluding hydrogens is 462 g/mol. The highest BCUT2D eigenvalue weighted by molar-refractivity contribution is 9.10. The lowest BCUT2D eigenvalue weighted by Gasteiger charge is -2.14. The standard InChI is InChI=1S/C23H20BrN3O4/c1-4-31-22(29)16-10-5-6-11-17(16)27-13-18-19(21(28)26(3)23(30)25(18)2)20(27)14-8-7-9-15(24)12-14/h5-13H,4H2,1-3H3. The zero-order valence-electron chi connectivity index (χ0n) is 17.3. The summed E-state index contributed by atoms with van der Waals surface area (Å²) in [7, 11) is 3.08. The van der Waals surface area contributed by atoms with Crippen molar-refractivity contribution >= 4 is 32.8 Å². The van der Waals surface area contributed by atoms with Crippen molar-refractivity contribution in [2.24, 2.45) is 14.1 Å². The zero-order chi connectivity index (χ0) is 22.3. The Morgan fingerprint density at radius 3 is 2.48 bits per heavy atom. The number of esters is 1. The van der Waals surface area contributed by atoms with Gasteiger partial charge in [-0.05, 0) is 31.2 Å². The van der Waals surface area contributed by atoms with Gasteiger partial charge >= 0.3 is 11.7 Å². The molecule has 0 spiro atoms. The Labute approximate surface area is 186 Å². The fourth-order valence-electron chi connectivity index (χ4n) is 3.72. The minimum atomic E-state index is -0.460. The normalized spacial score (nSPS) is 11.1. The van der Waals surface area contributed by atoms with E-state index in [0.29, 0.717) is 27.8 Å².